The lowest BCUT2D eigenvalue weighted by Crippen LogP contribution is -2.46. The van der Waals surface area contributed by atoms with Gasteiger partial charge in [-0.15, -0.1) is 0 Å². The molecule has 4 rings (SSSR count). The molecule has 0 aliphatic carbocycles. The first-order chi connectivity index (χ1) is 14.5. The third-order valence-corrected chi connectivity index (χ3v) is 6.41. The van der Waals surface area contributed by atoms with Gasteiger partial charge in [0, 0.05) is 22.2 Å². The van der Waals surface area contributed by atoms with Gasteiger partial charge in [0.25, 0.3) is 0 Å². The Balaban J connectivity index is 1.75. The Kier molecular flexibility index (Phi) is 6.18. The van der Waals surface area contributed by atoms with Gasteiger partial charge in [0.2, 0.25) is 5.91 Å². The van der Waals surface area contributed by atoms with Crippen molar-refractivity contribution in [1.29, 1.82) is 0 Å². The van der Waals surface area contributed by atoms with Crippen molar-refractivity contribution in [2.45, 2.75) is 26.0 Å². The van der Waals surface area contributed by atoms with Gasteiger partial charge in [-0.2, -0.15) is 0 Å². The van der Waals surface area contributed by atoms with E-state index in [-0.39, 0.29) is 12.5 Å². The number of nitrogens with zero attached hydrogens (tertiary/aromatic N) is 2. The number of allylic oxidation sites excluding steroid dienone is 1. The second kappa shape index (κ2) is 8.84. The molecule has 0 unspecified atom stereocenters. The van der Waals surface area contributed by atoms with Crippen molar-refractivity contribution in [2.24, 2.45) is 4.99 Å². The lowest BCUT2D eigenvalue weighted by atomic mass is 9.94. The minimum absolute atomic E-state index is 0.107. The minimum Gasteiger partial charge on any atom is -0.457 e. The number of esters is 1. The van der Waals surface area contributed by atoms with E-state index in [1.165, 1.54) is 11.8 Å². The molecule has 1 atom stereocenters. The number of aliphatic imine (C=N–C) groups is 1. The zero-order valence-corrected chi connectivity index (χ0v) is 18.4. The predicted octanol–water partition coefficient (Wildman–Crippen LogP) is 5.39. The number of carbonyl (C=O) groups is 2. The van der Waals surface area contributed by atoms with Gasteiger partial charge in [-0.05, 0) is 30.2 Å². The Hall–Kier alpha value is -2.28. The van der Waals surface area contributed by atoms with Crippen molar-refractivity contribution < 1.29 is 14.3 Å². The average molecular weight is 461 g/mol. The highest BCUT2D eigenvalue weighted by atomic mass is 35.5. The molecule has 2 aromatic rings. The van der Waals surface area contributed by atoms with E-state index in [1.54, 1.807) is 30.0 Å². The molecule has 0 saturated carbocycles. The van der Waals surface area contributed by atoms with Crippen LogP contribution in [0.4, 0.5) is 0 Å². The third kappa shape index (κ3) is 4.13. The number of thioether (sulfide) groups is 1. The fourth-order valence-corrected chi connectivity index (χ4v) is 4.99. The first-order valence-corrected chi connectivity index (χ1v) is 11.1. The quantitative estimate of drug-likeness (QED) is 0.574. The fraction of sp³-hybridized carbons (Fsp3) is 0.227. The number of hydrogen-bond acceptors (Lipinski definition) is 5. The monoisotopic (exact) mass is 460 g/mol. The summed E-state index contributed by atoms with van der Waals surface area (Å²) in [6, 6.07) is 13.7. The van der Waals surface area contributed by atoms with Crippen LogP contribution in [-0.4, -0.2) is 27.7 Å². The molecular weight excluding hydrogens is 443 g/mol. The van der Waals surface area contributed by atoms with Gasteiger partial charge in [0.05, 0.1) is 17.3 Å². The number of amidine groups is 1. The van der Waals surface area contributed by atoms with Crippen LogP contribution >= 0.6 is 35.0 Å². The average Bonchev–Trinajstić information content (AvgIpc) is 2.72. The normalized spacial score (nSPS) is 18.8. The van der Waals surface area contributed by atoms with Gasteiger partial charge in [0.15, 0.2) is 5.17 Å². The molecule has 0 bridgehead atoms. The van der Waals surface area contributed by atoms with Crippen LogP contribution in [0.25, 0.3) is 0 Å². The maximum absolute atomic E-state index is 13.2. The number of hydrogen-bond donors (Lipinski definition) is 0. The Morgan fingerprint density at radius 2 is 2.00 bits per heavy atom. The molecule has 5 nitrogen and oxygen atoms in total. The summed E-state index contributed by atoms with van der Waals surface area (Å²) in [5, 5.41) is 1.42. The fourth-order valence-electron chi connectivity index (χ4n) is 3.48. The molecule has 1 amide bonds. The van der Waals surface area contributed by atoms with E-state index >= 15 is 0 Å². The zero-order chi connectivity index (χ0) is 21.3. The van der Waals surface area contributed by atoms with E-state index in [4.69, 9.17) is 27.9 Å². The van der Waals surface area contributed by atoms with Gasteiger partial charge < -0.3 is 4.74 Å². The number of amides is 1. The summed E-state index contributed by atoms with van der Waals surface area (Å²) in [4.78, 5) is 32.1. The topological polar surface area (TPSA) is 59.0 Å². The van der Waals surface area contributed by atoms with Crippen LogP contribution in [0.3, 0.4) is 0 Å². The molecule has 0 N–H and O–H groups in total. The number of fused-ring (bicyclic) bond motifs is 1. The first kappa shape index (κ1) is 21.0. The minimum atomic E-state index is -0.717. The summed E-state index contributed by atoms with van der Waals surface area (Å²) in [6.45, 7) is 1.87. The smallest absolute Gasteiger partial charge is 0.338 e. The molecule has 154 valence electrons. The summed E-state index contributed by atoms with van der Waals surface area (Å²) in [7, 11) is 0. The molecule has 1 fully saturated rings. The number of carbonyl (C=O) groups excluding carboxylic acids is 2. The van der Waals surface area contributed by atoms with Gasteiger partial charge in [-0.1, -0.05) is 71.4 Å². The Labute approximate surface area is 188 Å². The first-order valence-electron chi connectivity index (χ1n) is 9.36. The summed E-state index contributed by atoms with van der Waals surface area (Å²) >= 11 is 14.0. The van der Waals surface area contributed by atoms with E-state index in [2.05, 4.69) is 4.99 Å². The van der Waals surface area contributed by atoms with Crippen LogP contribution in [0.2, 0.25) is 10.0 Å². The molecule has 2 heterocycles. The van der Waals surface area contributed by atoms with Gasteiger partial charge >= 0.3 is 5.97 Å². The lowest BCUT2D eigenvalue weighted by Gasteiger charge is -2.39. The Morgan fingerprint density at radius 1 is 1.23 bits per heavy atom. The Bertz CT molecular complexity index is 1070. The Morgan fingerprint density at radius 3 is 2.73 bits per heavy atom. The molecule has 0 radical (unpaired) electrons. The van der Waals surface area contributed by atoms with Crippen LogP contribution in [0, 0.1) is 0 Å². The van der Waals surface area contributed by atoms with E-state index in [9.17, 15) is 9.59 Å². The van der Waals surface area contributed by atoms with Crippen molar-refractivity contribution >= 4 is 52.0 Å². The standard InChI is InChI=1S/C22H18Cl2N2O3S/c1-13-19(21(28)29-12-14-5-3-2-4-6-14)20(16-8-7-15(23)11-17(16)24)26-18(27)9-10-30-22(26)25-13/h2-8,11,20H,9-10,12H2,1H3/t20-/m0/s1. The number of halogens is 2. The van der Waals surface area contributed by atoms with Crippen molar-refractivity contribution in [3.05, 3.63) is 81.0 Å². The van der Waals surface area contributed by atoms with E-state index in [0.29, 0.717) is 44.2 Å². The second-order valence-corrected chi connectivity index (χ2v) is 8.79. The van der Waals surface area contributed by atoms with Crippen LogP contribution in [0.5, 0.6) is 0 Å². The molecule has 30 heavy (non-hydrogen) atoms. The largest absolute Gasteiger partial charge is 0.457 e. The highest BCUT2D eigenvalue weighted by Crippen LogP contribution is 2.43. The predicted molar refractivity (Wildman–Crippen MR) is 119 cm³/mol. The summed E-state index contributed by atoms with van der Waals surface area (Å²) in [5.74, 6) is 0.0129. The number of benzene rings is 2. The van der Waals surface area contributed by atoms with Gasteiger partial charge in [-0.3, -0.25) is 9.69 Å². The van der Waals surface area contributed by atoms with Crippen LogP contribution in [-0.2, 0) is 20.9 Å². The maximum Gasteiger partial charge on any atom is 0.338 e. The summed E-state index contributed by atoms with van der Waals surface area (Å²) < 4.78 is 5.59. The van der Waals surface area contributed by atoms with Crippen molar-refractivity contribution in [3.8, 4) is 0 Å². The van der Waals surface area contributed by atoms with Crippen molar-refractivity contribution in [1.82, 2.24) is 4.90 Å². The zero-order valence-electron chi connectivity index (χ0n) is 16.1. The van der Waals surface area contributed by atoms with Gasteiger partial charge in [-0.25, -0.2) is 9.79 Å². The molecule has 2 aliphatic heterocycles. The molecule has 2 aliphatic rings. The molecular formula is C22H18Cl2N2O3S. The van der Waals surface area contributed by atoms with Crippen molar-refractivity contribution in [3.63, 3.8) is 0 Å². The van der Waals surface area contributed by atoms with Crippen molar-refractivity contribution in [2.75, 3.05) is 5.75 Å². The number of rotatable bonds is 4. The molecule has 0 aromatic heterocycles. The summed E-state index contributed by atoms with van der Waals surface area (Å²) in [6.07, 6.45) is 0.358. The van der Waals surface area contributed by atoms with Crippen LogP contribution in [0.1, 0.15) is 30.5 Å². The van der Waals surface area contributed by atoms with E-state index < -0.39 is 12.0 Å². The molecule has 2 aromatic carbocycles. The maximum atomic E-state index is 13.2. The van der Waals surface area contributed by atoms with E-state index in [1.807, 2.05) is 30.3 Å². The van der Waals surface area contributed by atoms with Gasteiger partial charge in [0.1, 0.15) is 6.61 Å². The summed E-state index contributed by atoms with van der Waals surface area (Å²) in [5.41, 5.74) is 2.29. The van der Waals surface area contributed by atoms with Crippen LogP contribution < -0.4 is 0 Å². The third-order valence-electron chi connectivity index (χ3n) is 4.90. The number of ether oxygens (including phenoxy) is 1. The SMILES string of the molecule is CC1=C(C(=O)OCc2ccccc2)[C@H](c2ccc(Cl)cc2Cl)N2C(=O)CCSC2=N1. The molecule has 8 heteroatoms. The molecule has 1 saturated heterocycles. The lowest BCUT2D eigenvalue weighted by molar-refractivity contribution is -0.141. The second-order valence-electron chi connectivity index (χ2n) is 6.89. The highest BCUT2D eigenvalue weighted by molar-refractivity contribution is 8.14. The highest BCUT2D eigenvalue weighted by Gasteiger charge is 2.42. The van der Waals surface area contributed by atoms with Crippen LogP contribution in [0.15, 0.2) is 64.8 Å². The molecule has 0 spiro atoms. The van der Waals surface area contributed by atoms with E-state index in [0.717, 1.165) is 5.56 Å².